The van der Waals surface area contributed by atoms with Crippen LogP contribution in [0.2, 0.25) is 0 Å². The molecule has 3 atom stereocenters. The Hall–Kier alpha value is -1.67. The molecule has 1 aromatic heterocycles. The van der Waals surface area contributed by atoms with Gasteiger partial charge in [-0.2, -0.15) is 0 Å². The SMILES string of the molecule is CC(NC1CC1c1ccccc1)c1cccnc1. The molecule has 2 nitrogen and oxygen atoms in total. The highest BCUT2D eigenvalue weighted by atomic mass is 15.0. The average Bonchev–Trinajstić information content (AvgIpc) is 3.20. The Labute approximate surface area is 108 Å². The zero-order chi connectivity index (χ0) is 12.4. The predicted molar refractivity (Wildman–Crippen MR) is 73.4 cm³/mol. The van der Waals surface area contributed by atoms with E-state index in [0.29, 0.717) is 18.0 Å². The van der Waals surface area contributed by atoms with Crippen molar-refractivity contribution >= 4 is 0 Å². The van der Waals surface area contributed by atoms with E-state index >= 15 is 0 Å². The molecule has 2 heteroatoms. The van der Waals surface area contributed by atoms with Crippen molar-refractivity contribution < 1.29 is 0 Å². The number of nitrogens with one attached hydrogen (secondary N) is 1. The number of rotatable bonds is 4. The largest absolute Gasteiger partial charge is 0.307 e. The number of hydrogen-bond acceptors (Lipinski definition) is 2. The van der Waals surface area contributed by atoms with E-state index in [1.165, 1.54) is 17.5 Å². The van der Waals surface area contributed by atoms with Crippen LogP contribution >= 0.6 is 0 Å². The van der Waals surface area contributed by atoms with Gasteiger partial charge in [0.05, 0.1) is 0 Å². The molecule has 1 N–H and O–H groups in total. The molecular weight excluding hydrogens is 220 g/mol. The molecule has 3 unspecified atom stereocenters. The van der Waals surface area contributed by atoms with Crippen LogP contribution in [0.25, 0.3) is 0 Å². The first kappa shape index (κ1) is 11.4. The lowest BCUT2D eigenvalue weighted by Crippen LogP contribution is -2.22. The minimum Gasteiger partial charge on any atom is -0.307 e. The van der Waals surface area contributed by atoms with Gasteiger partial charge in [0.2, 0.25) is 0 Å². The van der Waals surface area contributed by atoms with Crippen molar-refractivity contribution in [1.29, 1.82) is 0 Å². The van der Waals surface area contributed by atoms with E-state index in [1.54, 1.807) is 0 Å². The van der Waals surface area contributed by atoms with Gasteiger partial charge in [0.15, 0.2) is 0 Å². The van der Waals surface area contributed by atoms with Crippen molar-refractivity contribution in [1.82, 2.24) is 10.3 Å². The third-order valence-electron chi connectivity index (χ3n) is 3.67. The summed E-state index contributed by atoms with van der Waals surface area (Å²) in [6, 6.07) is 15.9. The van der Waals surface area contributed by atoms with Crippen molar-refractivity contribution in [2.45, 2.75) is 31.3 Å². The molecule has 0 radical (unpaired) electrons. The Morgan fingerprint density at radius 1 is 1.17 bits per heavy atom. The van der Waals surface area contributed by atoms with Gasteiger partial charge in [-0.25, -0.2) is 0 Å². The number of aromatic nitrogens is 1. The first-order chi connectivity index (χ1) is 8.84. The van der Waals surface area contributed by atoms with Gasteiger partial charge >= 0.3 is 0 Å². The molecule has 92 valence electrons. The molecule has 0 amide bonds. The zero-order valence-electron chi connectivity index (χ0n) is 10.6. The monoisotopic (exact) mass is 238 g/mol. The second kappa shape index (κ2) is 4.91. The topological polar surface area (TPSA) is 24.9 Å². The Balaban J connectivity index is 1.60. The molecule has 0 bridgehead atoms. The van der Waals surface area contributed by atoms with Crippen molar-refractivity contribution in [2.75, 3.05) is 0 Å². The fourth-order valence-electron chi connectivity index (χ4n) is 2.50. The third-order valence-corrected chi connectivity index (χ3v) is 3.67. The minimum atomic E-state index is 0.373. The molecular formula is C16H18N2. The molecule has 0 saturated heterocycles. The molecule has 1 heterocycles. The molecule has 0 spiro atoms. The normalized spacial score (nSPS) is 23.6. The van der Waals surface area contributed by atoms with E-state index in [9.17, 15) is 0 Å². The highest BCUT2D eigenvalue weighted by molar-refractivity contribution is 5.28. The van der Waals surface area contributed by atoms with Gasteiger partial charge in [0.1, 0.15) is 0 Å². The van der Waals surface area contributed by atoms with Crippen LogP contribution in [0.5, 0.6) is 0 Å². The maximum atomic E-state index is 4.17. The van der Waals surface area contributed by atoms with Crippen LogP contribution in [0.15, 0.2) is 54.9 Å². The summed E-state index contributed by atoms with van der Waals surface area (Å²) in [7, 11) is 0. The number of nitrogens with zero attached hydrogens (tertiary/aromatic N) is 1. The predicted octanol–water partition coefficient (Wildman–Crippen LogP) is 3.29. The van der Waals surface area contributed by atoms with E-state index in [2.05, 4.69) is 53.6 Å². The quantitative estimate of drug-likeness (QED) is 0.884. The van der Waals surface area contributed by atoms with Gasteiger partial charge in [-0.15, -0.1) is 0 Å². The summed E-state index contributed by atoms with van der Waals surface area (Å²) in [5, 5.41) is 3.68. The van der Waals surface area contributed by atoms with E-state index < -0.39 is 0 Å². The van der Waals surface area contributed by atoms with Crippen LogP contribution in [0.4, 0.5) is 0 Å². The molecule has 2 aromatic rings. The lowest BCUT2D eigenvalue weighted by Gasteiger charge is -2.13. The van der Waals surface area contributed by atoms with Crippen molar-refractivity contribution in [2.24, 2.45) is 0 Å². The van der Waals surface area contributed by atoms with Crippen LogP contribution in [-0.2, 0) is 0 Å². The summed E-state index contributed by atoms with van der Waals surface area (Å²) >= 11 is 0. The first-order valence-corrected chi connectivity index (χ1v) is 6.55. The van der Waals surface area contributed by atoms with Crippen molar-refractivity contribution in [3.8, 4) is 0 Å². The second-order valence-corrected chi connectivity index (χ2v) is 5.03. The van der Waals surface area contributed by atoms with Crippen LogP contribution in [0.3, 0.4) is 0 Å². The molecule has 1 aliphatic carbocycles. The van der Waals surface area contributed by atoms with Crippen LogP contribution in [-0.4, -0.2) is 11.0 Å². The summed E-state index contributed by atoms with van der Waals surface area (Å²) in [4.78, 5) is 4.17. The summed E-state index contributed by atoms with van der Waals surface area (Å²) in [6.07, 6.45) is 5.01. The summed E-state index contributed by atoms with van der Waals surface area (Å²) in [5.41, 5.74) is 2.71. The Morgan fingerprint density at radius 2 is 2.00 bits per heavy atom. The number of hydrogen-bond donors (Lipinski definition) is 1. The molecule has 1 fully saturated rings. The number of benzene rings is 1. The smallest absolute Gasteiger partial charge is 0.0315 e. The van der Waals surface area contributed by atoms with Gasteiger partial charge in [0.25, 0.3) is 0 Å². The summed E-state index contributed by atoms with van der Waals surface area (Å²) in [6.45, 7) is 2.21. The maximum absolute atomic E-state index is 4.17. The van der Waals surface area contributed by atoms with E-state index in [1.807, 2.05) is 18.5 Å². The molecule has 0 aliphatic heterocycles. The van der Waals surface area contributed by atoms with Gasteiger partial charge in [0, 0.05) is 30.4 Å². The second-order valence-electron chi connectivity index (χ2n) is 5.03. The van der Waals surface area contributed by atoms with E-state index in [-0.39, 0.29) is 0 Å². The molecule has 1 saturated carbocycles. The fourth-order valence-corrected chi connectivity index (χ4v) is 2.50. The maximum Gasteiger partial charge on any atom is 0.0315 e. The van der Waals surface area contributed by atoms with Crippen LogP contribution in [0, 0.1) is 0 Å². The first-order valence-electron chi connectivity index (χ1n) is 6.55. The average molecular weight is 238 g/mol. The summed E-state index contributed by atoms with van der Waals surface area (Å²) in [5.74, 6) is 0.685. The van der Waals surface area contributed by atoms with Crippen LogP contribution in [0.1, 0.15) is 36.4 Å². The van der Waals surface area contributed by atoms with Crippen molar-refractivity contribution in [3.63, 3.8) is 0 Å². The van der Waals surface area contributed by atoms with Gasteiger partial charge in [-0.05, 0) is 30.5 Å². The fraction of sp³-hybridized carbons (Fsp3) is 0.312. The molecule has 3 rings (SSSR count). The molecule has 18 heavy (non-hydrogen) atoms. The van der Waals surface area contributed by atoms with Gasteiger partial charge < -0.3 is 5.32 Å². The highest BCUT2D eigenvalue weighted by Gasteiger charge is 2.38. The Kier molecular flexibility index (Phi) is 3.11. The van der Waals surface area contributed by atoms with E-state index in [0.717, 1.165) is 0 Å². The minimum absolute atomic E-state index is 0.373. The molecule has 1 aliphatic rings. The Morgan fingerprint density at radius 3 is 2.72 bits per heavy atom. The van der Waals surface area contributed by atoms with Gasteiger partial charge in [-0.1, -0.05) is 36.4 Å². The van der Waals surface area contributed by atoms with Crippen LogP contribution < -0.4 is 5.32 Å². The summed E-state index contributed by atoms with van der Waals surface area (Å²) < 4.78 is 0. The highest BCUT2D eigenvalue weighted by Crippen LogP contribution is 2.41. The van der Waals surface area contributed by atoms with E-state index in [4.69, 9.17) is 0 Å². The van der Waals surface area contributed by atoms with Gasteiger partial charge in [-0.3, -0.25) is 4.98 Å². The standard InChI is InChI=1S/C16H18N2/c1-12(14-8-5-9-17-11-14)18-16-10-15(16)13-6-3-2-4-7-13/h2-9,11-12,15-16,18H,10H2,1H3. The Bertz CT molecular complexity index is 495. The third kappa shape index (κ3) is 2.44. The lowest BCUT2D eigenvalue weighted by atomic mass is 10.1. The molecule has 1 aromatic carbocycles. The zero-order valence-corrected chi connectivity index (χ0v) is 10.6. The van der Waals surface area contributed by atoms with Crippen molar-refractivity contribution in [3.05, 3.63) is 66.0 Å². The lowest BCUT2D eigenvalue weighted by molar-refractivity contribution is 0.561. The number of pyridine rings is 1.